The van der Waals surface area contributed by atoms with Crippen LogP contribution in [0, 0.1) is 0 Å². The second-order valence-corrected chi connectivity index (χ2v) is 12.5. The van der Waals surface area contributed by atoms with Crippen molar-refractivity contribution in [1.29, 1.82) is 0 Å². The molecule has 10 aromatic rings. The number of rotatable bonds is 0. The predicted molar refractivity (Wildman–Crippen MR) is 177 cm³/mol. The van der Waals surface area contributed by atoms with Crippen molar-refractivity contribution in [3.05, 3.63) is 115 Å². The zero-order valence-corrected chi connectivity index (χ0v) is 24.6. The van der Waals surface area contributed by atoms with E-state index < -0.39 is 0 Å². The third-order valence-electron chi connectivity index (χ3n) is 8.70. The summed E-state index contributed by atoms with van der Waals surface area (Å²) in [6, 6.07) is 27.7. The van der Waals surface area contributed by atoms with Crippen molar-refractivity contribution in [3.63, 3.8) is 0 Å². The van der Waals surface area contributed by atoms with Crippen molar-refractivity contribution in [2.24, 2.45) is 0 Å². The van der Waals surface area contributed by atoms with Crippen molar-refractivity contribution >= 4 is 119 Å². The fourth-order valence-corrected chi connectivity index (χ4v) is 8.25. The number of pyridine rings is 2. The van der Waals surface area contributed by atoms with E-state index in [0.29, 0.717) is 37.3 Å². The normalized spacial score (nSPS) is 12.7. The highest BCUT2D eigenvalue weighted by Crippen LogP contribution is 2.43. The van der Waals surface area contributed by atoms with Crippen molar-refractivity contribution < 1.29 is 0 Å². The van der Waals surface area contributed by atoms with Crippen LogP contribution >= 0.6 is 31.9 Å². The molecule has 0 N–H and O–H groups in total. The first-order valence-corrected chi connectivity index (χ1v) is 15.0. The van der Waals surface area contributed by atoms with Gasteiger partial charge < -0.3 is 0 Å². The minimum absolute atomic E-state index is 0.181. The maximum Gasteiger partial charge on any atom is 0.265 e. The summed E-state index contributed by atoms with van der Waals surface area (Å²) in [5, 5.41) is 7.91. The lowest BCUT2D eigenvalue weighted by Gasteiger charge is -2.19. The molecule has 0 unspecified atom stereocenters. The Hall–Kier alpha value is -4.66. The fraction of sp³-hybridized carbons (Fsp3) is 0. The van der Waals surface area contributed by atoms with Crippen LogP contribution in [0.1, 0.15) is 0 Å². The number of hydrogen-bond acceptors (Lipinski definition) is 4. The smallest absolute Gasteiger partial charge is 0.265 e. The number of benzene rings is 6. The van der Waals surface area contributed by atoms with Crippen molar-refractivity contribution in [2.75, 3.05) is 0 Å². The van der Waals surface area contributed by atoms with E-state index in [2.05, 4.69) is 31.9 Å². The molecule has 10 rings (SSSR count). The Morgan fingerprint density at radius 3 is 1.67 bits per heavy atom. The highest BCUT2D eigenvalue weighted by Gasteiger charge is 2.25. The van der Waals surface area contributed by atoms with Gasteiger partial charge in [-0.05, 0) is 79.0 Å². The number of nitrogens with zero attached hydrogens (tertiary/aromatic N) is 4. The lowest BCUT2D eigenvalue weighted by Crippen LogP contribution is -2.20. The maximum atomic E-state index is 14.5. The second kappa shape index (κ2) is 7.59. The van der Waals surface area contributed by atoms with Gasteiger partial charge in [-0.15, -0.1) is 0 Å². The Bertz CT molecular complexity index is 2970. The molecule has 0 saturated carbocycles. The minimum Gasteiger partial charge on any atom is -0.268 e. The number of halogens is 2. The third-order valence-corrected chi connectivity index (χ3v) is 9.95. The molecule has 0 aliphatic rings. The fourth-order valence-electron chi connectivity index (χ4n) is 7.05. The molecule has 0 bridgehead atoms. The molecule has 8 heteroatoms. The van der Waals surface area contributed by atoms with Crippen LogP contribution in [0.5, 0.6) is 0 Å². The quantitative estimate of drug-likeness (QED) is 0.121. The summed E-state index contributed by atoms with van der Waals surface area (Å²) in [6.07, 6.45) is 0. The molecule has 42 heavy (non-hydrogen) atoms. The SMILES string of the molecule is O=c1c2cc(Br)c3c(=O)n4c5cccc6cccc(nc4c4c(Br)cc(c2c34)c2nc3cccc4cccc(c43)n12)c65. The van der Waals surface area contributed by atoms with Crippen LogP contribution in [0.15, 0.2) is 103 Å². The molecule has 0 fully saturated rings. The predicted octanol–water partition coefficient (Wildman–Crippen LogP) is 8.18. The van der Waals surface area contributed by atoms with Gasteiger partial charge in [-0.25, -0.2) is 9.97 Å². The van der Waals surface area contributed by atoms with Gasteiger partial charge in [0.25, 0.3) is 11.1 Å². The van der Waals surface area contributed by atoms with Crippen LogP contribution in [0.4, 0.5) is 0 Å². The largest absolute Gasteiger partial charge is 0.268 e. The number of hydrogen-bond donors (Lipinski definition) is 0. The molecule has 6 nitrogen and oxygen atoms in total. The molecule has 0 aliphatic heterocycles. The molecular weight excluding hydrogens is 656 g/mol. The van der Waals surface area contributed by atoms with E-state index in [4.69, 9.17) is 9.97 Å². The average molecular weight is 670 g/mol. The summed E-state index contributed by atoms with van der Waals surface area (Å²) in [5.74, 6) is 0. The van der Waals surface area contributed by atoms with Crippen molar-refractivity contribution in [3.8, 4) is 0 Å². The lowest BCUT2D eigenvalue weighted by atomic mass is 9.95. The average Bonchev–Trinajstić information content (AvgIpc) is 2.99. The summed E-state index contributed by atoms with van der Waals surface area (Å²) >= 11 is 7.57. The maximum absolute atomic E-state index is 14.5. The Kier molecular flexibility index (Phi) is 4.15. The van der Waals surface area contributed by atoms with E-state index >= 15 is 0 Å². The molecule has 6 aromatic carbocycles. The molecule has 0 saturated heterocycles. The van der Waals surface area contributed by atoms with Crippen LogP contribution in [-0.2, 0) is 0 Å². The highest BCUT2D eigenvalue weighted by atomic mass is 79.9. The molecule has 4 heterocycles. The van der Waals surface area contributed by atoms with Crippen LogP contribution in [0.2, 0.25) is 0 Å². The van der Waals surface area contributed by atoms with Gasteiger partial charge in [0.05, 0.1) is 32.8 Å². The Morgan fingerprint density at radius 2 is 1.02 bits per heavy atom. The van der Waals surface area contributed by atoms with Crippen molar-refractivity contribution in [1.82, 2.24) is 18.8 Å². The molecular formula is C34H14Br2N4O2. The standard InChI is InChI=1S/C34H14Br2N4O2/c35-19-13-17-27-18(33(41)39-23-11-3-7-15-5-1-9-21(25(15)23)37-31(17)39)14-20(36)29-30(27)28(19)32-38-22-10-2-6-16-8-4-12-24(26(16)22)40(32)34(29)42/h1-14H. The van der Waals surface area contributed by atoms with Gasteiger partial charge in [-0.1, -0.05) is 48.5 Å². The first-order chi connectivity index (χ1) is 20.5. The van der Waals surface area contributed by atoms with Crippen LogP contribution in [0.25, 0.3) is 87.2 Å². The molecule has 4 aromatic heterocycles. The highest BCUT2D eigenvalue weighted by molar-refractivity contribution is 9.11. The van der Waals surface area contributed by atoms with Gasteiger partial charge in [-0.2, -0.15) is 0 Å². The second-order valence-electron chi connectivity index (χ2n) is 10.8. The summed E-state index contributed by atoms with van der Waals surface area (Å²) in [5.41, 5.74) is 3.92. The Morgan fingerprint density at radius 1 is 0.500 bits per heavy atom. The Labute approximate surface area is 251 Å². The van der Waals surface area contributed by atoms with Crippen LogP contribution < -0.4 is 11.1 Å². The van der Waals surface area contributed by atoms with E-state index in [1.165, 1.54) is 0 Å². The molecule has 0 spiro atoms. The molecule has 0 aliphatic carbocycles. The lowest BCUT2D eigenvalue weighted by molar-refractivity contribution is 1.14. The van der Waals surface area contributed by atoms with Gasteiger partial charge in [-0.3, -0.25) is 18.4 Å². The van der Waals surface area contributed by atoms with E-state index in [-0.39, 0.29) is 11.1 Å². The Balaban J connectivity index is 1.55. The number of aromatic nitrogens is 4. The zero-order chi connectivity index (χ0) is 28.0. The van der Waals surface area contributed by atoms with Gasteiger partial charge in [0.15, 0.2) is 0 Å². The summed E-state index contributed by atoms with van der Waals surface area (Å²) in [6.45, 7) is 0. The first kappa shape index (κ1) is 23.0. The number of fused-ring (bicyclic) bond motifs is 6. The van der Waals surface area contributed by atoms with Gasteiger partial charge >= 0.3 is 0 Å². The van der Waals surface area contributed by atoms with Crippen LogP contribution in [-0.4, -0.2) is 18.8 Å². The molecule has 0 amide bonds. The monoisotopic (exact) mass is 668 g/mol. The summed E-state index contributed by atoms with van der Waals surface area (Å²) in [7, 11) is 0. The van der Waals surface area contributed by atoms with E-state index in [0.717, 1.165) is 58.9 Å². The molecule has 196 valence electrons. The van der Waals surface area contributed by atoms with Gasteiger partial charge in [0.1, 0.15) is 11.3 Å². The van der Waals surface area contributed by atoms with E-state index in [1.54, 1.807) is 14.9 Å². The van der Waals surface area contributed by atoms with Crippen molar-refractivity contribution in [2.45, 2.75) is 0 Å². The van der Waals surface area contributed by atoms with Crippen LogP contribution in [0.3, 0.4) is 0 Å². The van der Waals surface area contributed by atoms with E-state index in [9.17, 15) is 9.59 Å². The van der Waals surface area contributed by atoms with E-state index in [1.807, 2.05) is 78.9 Å². The first-order valence-electron chi connectivity index (χ1n) is 13.4. The molecule has 0 atom stereocenters. The summed E-state index contributed by atoms with van der Waals surface area (Å²) < 4.78 is 4.75. The molecule has 0 radical (unpaired) electrons. The summed E-state index contributed by atoms with van der Waals surface area (Å²) in [4.78, 5) is 39.0. The topological polar surface area (TPSA) is 68.7 Å². The third kappa shape index (κ3) is 2.57. The van der Waals surface area contributed by atoms with Gasteiger partial charge in [0, 0.05) is 41.3 Å². The zero-order valence-electron chi connectivity index (χ0n) is 21.4. The minimum atomic E-state index is -0.193. The van der Waals surface area contributed by atoms with Gasteiger partial charge in [0.2, 0.25) is 0 Å².